The first-order chi connectivity index (χ1) is 14.7. The van der Waals surface area contributed by atoms with Crippen molar-refractivity contribution in [3.8, 4) is 0 Å². The van der Waals surface area contributed by atoms with Gasteiger partial charge in [-0.3, -0.25) is 19.4 Å². The van der Waals surface area contributed by atoms with Crippen molar-refractivity contribution in [1.29, 1.82) is 0 Å². The lowest BCUT2D eigenvalue weighted by Crippen LogP contribution is -2.47. The molecule has 0 aromatic carbocycles. The molecule has 1 aromatic rings. The summed E-state index contributed by atoms with van der Waals surface area (Å²) in [4.78, 5) is 36.7. The van der Waals surface area contributed by atoms with Gasteiger partial charge in [0.1, 0.15) is 5.69 Å². The maximum absolute atomic E-state index is 12.8. The zero-order valence-corrected chi connectivity index (χ0v) is 17.3. The molecule has 0 aliphatic carbocycles. The number of halogens is 3. The maximum Gasteiger partial charge on any atom is 0.433 e. The summed E-state index contributed by atoms with van der Waals surface area (Å²) in [6.07, 6.45) is 2.05. The predicted molar refractivity (Wildman–Crippen MR) is 106 cm³/mol. The lowest BCUT2D eigenvalue weighted by Gasteiger charge is -2.42. The molecule has 1 atom stereocenters. The normalized spacial score (nSPS) is 19.9. The van der Waals surface area contributed by atoms with Gasteiger partial charge in [-0.1, -0.05) is 6.42 Å². The number of carbonyl (C=O) groups excluding carboxylic acids is 1. The first-order valence-electron chi connectivity index (χ1n) is 9.88. The number of carboxylic acid groups (broad SMARTS) is 2. The number of amides is 1. The van der Waals surface area contributed by atoms with E-state index in [9.17, 15) is 18.0 Å². The molecule has 1 unspecified atom stereocenters. The summed E-state index contributed by atoms with van der Waals surface area (Å²) < 4.78 is 38.3. The molecule has 0 radical (unpaired) electrons. The van der Waals surface area contributed by atoms with Crippen molar-refractivity contribution in [3.63, 3.8) is 0 Å². The van der Waals surface area contributed by atoms with E-state index in [0.717, 1.165) is 31.6 Å². The highest BCUT2D eigenvalue weighted by molar-refractivity contribution is 5.94. The van der Waals surface area contributed by atoms with Gasteiger partial charge >= 0.3 is 6.18 Å². The second kappa shape index (κ2) is 12.9. The fourth-order valence-electron chi connectivity index (χ4n) is 4.08. The third-order valence-electron chi connectivity index (χ3n) is 5.50. The Balaban J connectivity index is 0.000000720. The fraction of sp³-hybridized carbons (Fsp3) is 0.600. The number of rotatable bonds is 2. The van der Waals surface area contributed by atoms with E-state index in [4.69, 9.17) is 19.8 Å². The summed E-state index contributed by atoms with van der Waals surface area (Å²) >= 11 is 0. The molecule has 1 aromatic heterocycles. The van der Waals surface area contributed by atoms with Crippen LogP contribution in [0.2, 0.25) is 0 Å². The quantitative estimate of drug-likeness (QED) is 0.671. The Morgan fingerprint density at radius 3 is 2.19 bits per heavy atom. The van der Waals surface area contributed by atoms with Crippen LogP contribution in [-0.4, -0.2) is 76.6 Å². The molecule has 2 fully saturated rings. The molecule has 1 amide bonds. The van der Waals surface area contributed by atoms with Crippen LogP contribution in [0.25, 0.3) is 0 Å². The molecule has 174 valence electrons. The van der Waals surface area contributed by atoms with Crippen molar-refractivity contribution in [2.24, 2.45) is 5.92 Å². The minimum atomic E-state index is -4.53. The highest BCUT2D eigenvalue weighted by atomic mass is 19.4. The Morgan fingerprint density at radius 1 is 1.10 bits per heavy atom. The SMILES string of the molecule is CN1CCCCC1C1CCN(C(=O)c2ccnc(C(F)(F)F)c2)CC1.O=CO.O=CO. The van der Waals surface area contributed by atoms with Gasteiger partial charge in [-0.25, -0.2) is 0 Å². The third kappa shape index (κ3) is 8.16. The van der Waals surface area contributed by atoms with Crippen molar-refractivity contribution in [2.45, 2.75) is 44.3 Å². The van der Waals surface area contributed by atoms with Gasteiger partial charge in [0, 0.05) is 30.9 Å². The number of piperidine rings is 2. The molecule has 0 spiro atoms. The van der Waals surface area contributed by atoms with Crippen LogP contribution < -0.4 is 0 Å². The Labute approximate surface area is 178 Å². The molecule has 3 rings (SSSR count). The van der Waals surface area contributed by atoms with E-state index in [0.29, 0.717) is 25.0 Å². The number of alkyl halides is 3. The van der Waals surface area contributed by atoms with Crippen molar-refractivity contribution in [1.82, 2.24) is 14.8 Å². The van der Waals surface area contributed by atoms with E-state index in [1.54, 1.807) is 4.90 Å². The highest BCUT2D eigenvalue weighted by Crippen LogP contribution is 2.31. The Morgan fingerprint density at radius 2 is 1.68 bits per heavy atom. The third-order valence-corrected chi connectivity index (χ3v) is 5.50. The van der Waals surface area contributed by atoms with Crippen LogP contribution in [0.1, 0.15) is 48.2 Å². The first-order valence-corrected chi connectivity index (χ1v) is 9.88. The predicted octanol–water partition coefficient (Wildman–Crippen LogP) is 2.84. The number of likely N-dealkylation sites (tertiary alicyclic amines) is 2. The van der Waals surface area contributed by atoms with Crippen LogP contribution in [0.4, 0.5) is 13.2 Å². The number of nitrogens with zero attached hydrogens (tertiary/aromatic N) is 3. The average molecular weight is 447 g/mol. The number of hydrogen-bond acceptors (Lipinski definition) is 5. The van der Waals surface area contributed by atoms with Gasteiger partial charge in [-0.15, -0.1) is 0 Å². The van der Waals surface area contributed by atoms with Crippen molar-refractivity contribution >= 4 is 18.9 Å². The molecular formula is C20H28F3N3O5. The zero-order chi connectivity index (χ0) is 23.4. The van der Waals surface area contributed by atoms with E-state index in [1.807, 2.05) is 0 Å². The molecular weight excluding hydrogens is 419 g/mol. The molecule has 2 aliphatic heterocycles. The molecule has 0 saturated carbocycles. The van der Waals surface area contributed by atoms with Gasteiger partial charge in [0.25, 0.3) is 18.9 Å². The first kappa shape index (κ1) is 26.3. The largest absolute Gasteiger partial charge is 0.483 e. The lowest BCUT2D eigenvalue weighted by molar-refractivity contribution is -0.141. The summed E-state index contributed by atoms with van der Waals surface area (Å²) in [5.41, 5.74) is -0.951. The summed E-state index contributed by atoms with van der Waals surface area (Å²) in [5.74, 6) is 0.237. The molecule has 11 heteroatoms. The smallest absolute Gasteiger partial charge is 0.433 e. The van der Waals surface area contributed by atoms with Gasteiger partial charge in [-0.2, -0.15) is 13.2 Å². The molecule has 2 N–H and O–H groups in total. The van der Waals surface area contributed by atoms with E-state index >= 15 is 0 Å². The second-order valence-electron chi connectivity index (χ2n) is 7.31. The summed E-state index contributed by atoms with van der Waals surface area (Å²) in [5, 5.41) is 13.8. The average Bonchev–Trinajstić information content (AvgIpc) is 2.74. The number of carbonyl (C=O) groups is 3. The standard InChI is InChI=1S/C18H24F3N3O.2CH2O2/c1-23-9-3-2-4-15(23)13-6-10-24(11-7-13)17(25)14-5-8-22-16(12-14)18(19,20)21;2*2-1-3/h5,8,12-13,15H,2-4,6-7,9-11H2,1H3;2*1H,(H,2,3). The number of pyridine rings is 1. The number of hydrogen-bond donors (Lipinski definition) is 2. The minimum absolute atomic E-state index is 0.0653. The minimum Gasteiger partial charge on any atom is -0.483 e. The van der Waals surface area contributed by atoms with E-state index in [2.05, 4.69) is 16.9 Å². The molecule has 2 aliphatic rings. The number of aromatic nitrogens is 1. The van der Waals surface area contributed by atoms with Gasteiger partial charge in [0.2, 0.25) is 0 Å². The van der Waals surface area contributed by atoms with Crippen LogP contribution in [0, 0.1) is 5.92 Å². The Kier molecular flexibility index (Phi) is 10.9. The second-order valence-corrected chi connectivity index (χ2v) is 7.31. The van der Waals surface area contributed by atoms with Crippen LogP contribution in [0.3, 0.4) is 0 Å². The van der Waals surface area contributed by atoms with E-state index in [1.165, 1.54) is 25.3 Å². The van der Waals surface area contributed by atoms with Gasteiger partial charge in [0.05, 0.1) is 0 Å². The van der Waals surface area contributed by atoms with Crippen molar-refractivity contribution < 1.29 is 37.8 Å². The lowest BCUT2D eigenvalue weighted by atomic mass is 9.84. The van der Waals surface area contributed by atoms with Crippen LogP contribution >= 0.6 is 0 Å². The maximum atomic E-state index is 12.8. The molecule has 3 heterocycles. The Hall–Kier alpha value is -2.69. The van der Waals surface area contributed by atoms with Gasteiger partial charge < -0.3 is 20.0 Å². The van der Waals surface area contributed by atoms with Crippen LogP contribution in [0.5, 0.6) is 0 Å². The zero-order valence-electron chi connectivity index (χ0n) is 17.3. The van der Waals surface area contributed by atoms with Crippen molar-refractivity contribution in [2.75, 3.05) is 26.7 Å². The topological polar surface area (TPSA) is 111 Å². The monoisotopic (exact) mass is 447 g/mol. The summed E-state index contributed by atoms with van der Waals surface area (Å²) in [7, 11) is 2.16. The summed E-state index contributed by atoms with van der Waals surface area (Å²) in [6.45, 7) is 1.84. The van der Waals surface area contributed by atoms with Crippen LogP contribution in [-0.2, 0) is 15.8 Å². The van der Waals surface area contributed by atoms with E-state index < -0.39 is 11.9 Å². The molecule has 8 nitrogen and oxygen atoms in total. The van der Waals surface area contributed by atoms with E-state index in [-0.39, 0.29) is 24.4 Å². The fourth-order valence-corrected chi connectivity index (χ4v) is 4.08. The Bertz CT molecular complexity index is 704. The molecule has 31 heavy (non-hydrogen) atoms. The van der Waals surface area contributed by atoms with Gasteiger partial charge in [0.15, 0.2) is 0 Å². The van der Waals surface area contributed by atoms with Crippen molar-refractivity contribution in [3.05, 3.63) is 29.6 Å². The molecule has 2 saturated heterocycles. The summed E-state index contributed by atoms with van der Waals surface area (Å²) in [6, 6.07) is 2.78. The van der Waals surface area contributed by atoms with Crippen LogP contribution in [0.15, 0.2) is 18.3 Å². The highest BCUT2D eigenvalue weighted by Gasteiger charge is 2.35. The van der Waals surface area contributed by atoms with Gasteiger partial charge in [-0.05, 0) is 57.3 Å². The molecule has 0 bridgehead atoms.